The molecule has 0 bridgehead atoms. The van der Waals surface area contributed by atoms with Crippen molar-refractivity contribution < 1.29 is 9.50 Å². The zero-order chi connectivity index (χ0) is 20.5. The number of hydrogen-bond acceptors (Lipinski definition) is 2. The van der Waals surface area contributed by atoms with Crippen molar-refractivity contribution >= 4 is 0 Å². The Kier molecular flexibility index (Phi) is 8.51. The minimum atomic E-state index is -0.322. The van der Waals surface area contributed by atoms with Crippen LogP contribution < -0.4 is 0 Å². The summed E-state index contributed by atoms with van der Waals surface area (Å²) < 4.78 is 15.4. The second-order valence-corrected chi connectivity index (χ2v) is 8.47. The third kappa shape index (κ3) is 7.13. The van der Waals surface area contributed by atoms with E-state index in [2.05, 4.69) is 34.4 Å². The molecule has 0 spiro atoms. The Labute approximate surface area is 174 Å². The summed E-state index contributed by atoms with van der Waals surface area (Å²) in [6.45, 7) is 7.08. The summed E-state index contributed by atoms with van der Waals surface area (Å²) in [6.07, 6.45) is 11.9. The van der Waals surface area contributed by atoms with E-state index in [0.29, 0.717) is 6.54 Å². The van der Waals surface area contributed by atoms with Crippen LogP contribution in [0.1, 0.15) is 56.2 Å². The van der Waals surface area contributed by atoms with Gasteiger partial charge in [0.15, 0.2) is 0 Å². The molecule has 1 aromatic heterocycles. The van der Waals surface area contributed by atoms with Gasteiger partial charge in [-0.3, -0.25) is 4.90 Å². The van der Waals surface area contributed by atoms with Crippen molar-refractivity contribution in [3.05, 3.63) is 72.3 Å². The number of aliphatic hydroxyl groups excluding tert-OH is 1. The number of nitrogens with zero attached hydrogens (tertiary/aromatic N) is 2. The van der Waals surface area contributed by atoms with Gasteiger partial charge >= 0.3 is 0 Å². The van der Waals surface area contributed by atoms with Crippen LogP contribution in [0.4, 0.5) is 4.39 Å². The SMILES string of the molecule is C=CCC[C@@H](O)CN(Cc1cccn1Cc1ccc(F)cc1)CC1CCCCC1. The Morgan fingerprint density at radius 2 is 1.93 bits per heavy atom. The van der Waals surface area contributed by atoms with Crippen molar-refractivity contribution in [2.75, 3.05) is 13.1 Å². The van der Waals surface area contributed by atoms with Crippen molar-refractivity contribution in [1.82, 2.24) is 9.47 Å². The first-order valence-electron chi connectivity index (χ1n) is 11.0. The van der Waals surface area contributed by atoms with E-state index in [9.17, 15) is 9.50 Å². The van der Waals surface area contributed by atoms with Crippen molar-refractivity contribution in [3.63, 3.8) is 0 Å². The highest BCUT2D eigenvalue weighted by Gasteiger charge is 2.20. The van der Waals surface area contributed by atoms with E-state index in [1.807, 2.05) is 18.2 Å². The molecule has 1 N–H and O–H groups in total. The maximum absolute atomic E-state index is 13.2. The fraction of sp³-hybridized carbons (Fsp3) is 0.520. The molecule has 1 aromatic carbocycles. The highest BCUT2D eigenvalue weighted by molar-refractivity contribution is 5.18. The topological polar surface area (TPSA) is 28.4 Å². The van der Waals surface area contributed by atoms with Crippen molar-refractivity contribution in [2.45, 2.75) is 64.1 Å². The van der Waals surface area contributed by atoms with Crippen LogP contribution in [0.3, 0.4) is 0 Å². The minimum Gasteiger partial charge on any atom is -0.392 e. The van der Waals surface area contributed by atoms with Crippen LogP contribution in [0.5, 0.6) is 0 Å². The number of benzene rings is 1. The quantitative estimate of drug-likeness (QED) is 0.515. The second-order valence-electron chi connectivity index (χ2n) is 8.47. The first-order valence-corrected chi connectivity index (χ1v) is 11.0. The molecule has 4 heteroatoms. The lowest BCUT2D eigenvalue weighted by Gasteiger charge is -2.31. The van der Waals surface area contributed by atoms with Gasteiger partial charge < -0.3 is 9.67 Å². The van der Waals surface area contributed by atoms with Crippen molar-refractivity contribution in [3.8, 4) is 0 Å². The molecule has 1 saturated carbocycles. The van der Waals surface area contributed by atoms with Crippen LogP contribution in [0, 0.1) is 11.7 Å². The van der Waals surface area contributed by atoms with E-state index in [4.69, 9.17) is 0 Å². The average Bonchev–Trinajstić information content (AvgIpc) is 3.15. The summed E-state index contributed by atoms with van der Waals surface area (Å²) in [7, 11) is 0. The van der Waals surface area contributed by atoms with Gasteiger partial charge in [-0.1, -0.05) is 37.5 Å². The Balaban J connectivity index is 1.66. The lowest BCUT2D eigenvalue weighted by atomic mass is 9.89. The summed E-state index contributed by atoms with van der Waals surface area (Å²) in [6, 6.07) is 11.0. The van der Waals surface area contributed by atoms with Gasteiger partial charge in [0.2, 0.25) is 0 Å². The lowest BCUT2D eigenvalue weighted by Crippen LogP contribution is -2.36. The van der Waals surface area contributed by atoms with Gasteiger partial charge in [-0.05, 0) is 61.4 Å². The Hall–Kier alpha value is -1.91. The summed E-state index contributed by atoms with van der Waals surface area (Å²) in [5.74, 6) is 0.532. The summed E-state index contributed by atoms with van der Waals surface area (Å²) in [5, 5.41) is 10.5. The number of halogens is 1. The number of aliphatic hydroxyl groups is 1. The van der Waals surface area contributed by atoms with Crippen LogP contribution in [0.15, 0.2) is 55.3 Å². The van der Waals surface area contributed by atoms with E-state index >= 15 is 0 Å². The zero-order valence-electron chi connectivity index (χ0n) is 17.5. The molecule has 1 fully saturated rings. The fourth-order valence-electron chi connectivity index (χ4n) is 4.40. The fourth-order valence-corrected chi connectivity index (χ4v) is 4.40. The van der Waals surface area contributed by atoms with Crippen LogP contribution >= 0.6 is 0 Å². The molecule has 3 rings (SSSR count). The molecule has 0 radical (unpaired) electrons. The number of rotatable bonds is 11. The molecule has 1 aliphatic rings. The molecule has 2 aromatic rings. The summed E-state index contributed by atoms with van der Waals surface area (Å²) in [4.78, 5) is 2.43. The van der Waals surface area contributed by atoms with E-state index in [1.165, 1.54) is 49.9 Å². The molecule has 0 amide bonds. The first-order chi connectivity index (χ1) is 14.1. The molecule has 158 valence electrons. The Bertz CT molecular complexity index is 734. The maximum atomic E-state index is 13.2. The molecule has 1 aliphatic carbocycles. The van der Waals surface area contributed by atoms with Gasteiger partial charge in [-0.25, -0.2) is 4.39 Å². The predicted octanol–water partition coefficient (Wildman–Crippen LogP) is 5.38. The van der Waals surface area contributed by atoms with Crippen LogP contribution in [0.2, 0.25) is 0 Å². The normalized spacial score (nSPS) is 16.2. The zero-order valence-corrected chi connectivity index (χ0v) is 17.5. The number of aromatic nitrogens is 1. The van der Waals surface area contributed by atoms with Gasteiger partial charge in [0.05, 0.1) is 6.10 Å². The predicted molar refractivity (Wildman–Crippen MR) is 117 cm³/mol. The van der Waals surface area contributed by atoms with Gasteiger partial charge in [-0.2, -0.15) is 0 Å². The highest BCUT2D eigenvalue weighted by Crippen LogP contribution is 2.25. The maximum Gasteiger partial charge on any atom is 0.123 e. The largest absolute Gasteiger partial charge is 0.392 e. The number of allylic oxidation sites excluding steroid dienone is 1. The number of hydrogen-bond donors (Lipinski definition) is 1. The molecular weight excluding hydrogens is 363 g/mol. The van der Waals surface area contributed by atoms with Gasteiger partial charge in [0.1, 0.15) is 5.82 Å². The van der Waals surface area contributed by atoms with E-state index in [0.717, 1.165) is 44.0 Å². The van der Waals surface area contributed by atoms with Crippen LogP contribution in [0.25, 0.3) is 0 Å². The highest BCUT2D eigenvalue weighted by atomic mass is 19.1. The van der Waals surface area contributed by atoms with Crippen LogP contribution in [-0.4, -0.2) is 33.8 Å². The standard InChI is InChI=1S/C25H35FN2O/c1-2-3-11-25(29)20-27(17-21-8-5-4-6-9-21)19-24-10-7-16-28(24)18-22-12-14-23(26)15-13-22/h2,7,10,12-16,21,25,29H,1,3-6,8-9,11,17-20H2/t25-/m1/s1. The van der Waals surface area contributed by atoms with Crippen LogP contribution in [-0.2, 0) is 13.1 Å². The third-order valence-electron chi connectivity index (χ3n) is 5.99. The van der Waals surface area contributed by atoms with Crippen molar-refractivity contribution in [1.29, 1.82) is 0 Å². The Morgan fingerprint density at radius 3 is 2.66 bits per heavy atom. The molecule has 29 heavy (non-hydrogen) atoms. The van der Waals surface area contributed by atoms with Gasteiger partial charge in [-0.15, -0.1) is 6.58 Å². The molecule has 1 heterocycles. The second kappa shape index (κ2) is 11.3. The molecule has 0 aliphatic heterocycles. The average molecular weight is 399 g/mol. The van der Waals surface area contributed by atoms with E-state index < -0.39 is 0 Å². The molecule has 0 saturated heterocycles. The van der Waals surface area contributed by atoms with Gasteiger partial charge in [0, 0.05) is 38.1 Å². The lowest BCUT2D eigenvalue weighted by molar-refractivity contribution is 0.0864. The first kappa shape index (κ1) is 21.8. The molecular formula is C25H35FN2O. The summed E-state index contributed by atoms with van der Waals surface area (Å²) in [5.41, 5.74) is 2.33. The molecule has 3 nitrogen and oxygen atoms in total. The van der Waals surface area contributed by atoms with Crippen molar-refractivity contribution in [2.24, 2.45) is 5.92 Å². The Morgan fingerprint density at radius 1 is 1.17 bits per heavy atom. The smallest absolute Gasteiger partial charge is 0.123 e. The van der Waals surface area contributed by atoms with Gasteiger partial charge in [0.25, 0.3) is 0 Å². The minimum absolute atomic E-state index is 0.200. The molecule has 1 atom stereocenters. The monoisotopic (exact) mass is 398 g/mol. The van der Waals surface area contributed by atoms with E-state index in [1.54, 1.807) is 0 Å². The molecule has 0 unspecified atom stereocenters. The van der Waals surface area contributed by atoms with E-state index in [-0.39, 0.29) is 11.9 Å². The summed E-state index contributed by atoms with van der Waals surface area (Å²) >= 11 is 0. The third-order valence-corrected chi connectivity index (χ3v) is 5.99.